The number of carbonyl (C=O) groups excluding carboxylic acids is 1. The number of nitrogens with zero attached hydrogens (tertiary/aromatic N) is 1. The van der Waals surface area contributed by atoms with E-state index >= 15 is 0 Å². The smallest absolute Gasteiger partial charge is 0.150 e. The zero-order valence-corrected chi connectivity index (χ0v) is 24.3. The number of hydrogen-bond acceptors (Lipinski definition) is 2. The molecule has 0 aliphatic heterocycles. The fourth-order valence-electron chi connectivity index (χ4n) is 5.66. The normalized spacial score (nSPS) is 10.9. The van der Waals surface area contributed by atoms with Crippen LogP contribution in [-0.2, 0) is 19.3 Å². The summed E-state index contributed by atoms with van der Waals surface area (Å²) in [5.74, 6) is 0. The van der Waals surface area contributed by atoms with Crippen LogP contribution in [0.15, 0.2) is 60.7 Å². The van der Waals surface area contributed by atoms with Crippen molar-refractivity contribution in [1.82, 2.24) is 0 Å². The van der Waals surface area contributed by atoms with Gasteiger partial charge < -0.3 is 0 Å². The number of carbonyl (C=O) groups is 1. The summed E-state index contributed by atoms with van der Waals surface area (Å²) in [5, 5.41) is 9.68. The lowest BCUT2D eigenvalue weighted by Gasteiger charge is -2.20. The van der Waals surface area contributed by atoms with Gasteiger partial charge in [0.1, 0.15) is 6.29 Å². The third-order valence-electron chi connectivity index (χ3n) is 7.88. The van der Waals surface area contributed by atoms with Gasteiger partial charge in [-0.05, 0) is 64.6 Å². The van der Waals surface area contributed by atoms with Crippen LogP contribution in [0.5, 0.6) is 0 Å². The van der Waals surface area contributed by atoms with E-state index in [-0.39, 0.29) is 6.42 Å². The van der Waals surface area contributed by atoms with Crippen LogP contribution in [0, 0.1) is 11.3 Å². The van der Waals surface area contributed by atoms with E-state index in [0.717, 1.165) is 41.4 Å². The van der Waals surface area contributed by atoms with E-state index in [4.69, 9.17) is 0 Å². The lowest BCUT2D eigenvalue weighted by Crippen LogP contribution is -2.01. The molecule has 0 aromatic heterocycles. The third kappa shape index (κ3) is 9.21. The summed E-state index contributed by atoms with van der Waals surface area (Å²) in [7, 11) is 0. The molecule has 0 saturated heterocycles. The van der Waals surface area contributed by atoms with Crippen molar-refractivity contribution in [3.63, 3.8) is 0 Å². The van der Waals surface area contributed by atoms with Gasteiger partial charge in [0.25, 0.3) is 0 Å². The maximum absolute atomic E-state index is 12.0. The van der Waals surface area contributed by atoms with Gasteiger partial charge in [-0.2, -0.15) is 5.26 Å². The van der Waals surface area contributed by atoms with E-state index < -0.39 is 0 Å². The molecule has 0 saturated carbocycles. The molecule has 0 spiro atoms. The number of rotatable bonds is 18. The fourth-order valence-corrected chi connectivity index (χ4v) is 5.66. The summed E-state index contributed by atoms with van der Waals surface area (Å²) in [4.78, 5) is 12.0. The van der Waals surface area contributed by atoms with Crippen LogP contribution in [0.25, 0.3) is 22.3 Å². The van der Waals surface area contributed by atoms with Crippen LogP contribution >= 0.6 is 0 Å². The number of hydrogen-bond donors (Lipinski definition) is 0. The molecule has 0 atom stereocenters. The van der Waals surface area contributed by atoms with Gasteiger partial charge in [0, 0.05) is 5.56 Å². The van der Waals surface area contributed by atoms with Crippen LogP contribution in [0.2, 0.25) is 0 Å². The van der Waals surface area contributed by atoms with E-state index in [1.165, 1.54) is 93.7 Å². The van der Waals surface area contributed by atoms with E-state index in [1.807, 2.05) is 24.3 Å². The second kappa shape index (κ2) is 17.4. The van der Waals surface area contributed by atoms with E-state index in [9.17, 15) is 10.1 Å². The van der Waals surface area contributed by atoms with Crippen LogP contribution in [-0.4, -0.2) is 6.29 Å². The summed E-state index contributed by atoms with van der Waals surface area (Å²) >= 11 is 0. The van der Waals surface area contributed by atoms with Crippen LogP contribution in [0.4, 0.5) is 0 Å². The van der Waals surface area contributed by atoms with Crippen molar-refractivity contribution in [2.75, 3.05) is 0 Å². The van der Waals surface area contributed by atoms with Gasteiger partial charge in [0.2, 0.25) is 0 Å². The molecule has 0 aliphatic rings. The van der Waals surface area contributed by atoms with Gasteiger partial charge in [-0.25, -0.2) is 0 Å². The zero-order valence-electron chi connectivity index (χ0n) is 24.3. The van der Waals surface area contributed by atoms with Crippen molar-refractivity contribution in [3.8, 4) is 28.3 Å². The van der Waals surface area contributed by atoms with Crippen molar-refractivity contribution < 1.29 is 4.79 Å². The maximum Gasteiger partial charge on any atom is 0.150 e. The molecule has 0 unspecified atom stereocenters. The van der Waals surface area contributed by atoms with Gasteiger partial charge in [0.15, 0.2) is 0 Å². The summed E-state index contributed by atoms with van der Waals surface area (Å²) in [6.45, 7) is 4.53. The Bertz CT molecular complexity index is 1190. The maximum atomic E-state index is 12.0. The number of nitriles is 1. The lowest BCUT2D eigenvalue weighted by molar-refractivity contribution is 0.112. The largest absolute Gasteiger partial charge is 0.298 e. The third-order valence-corrected chi connectivity index (χ3v) is 7.88. The Kier molecular flexibility index (Phi) is 13.6. The Morgan fingerprint density at radius 1 is 0.692 bits per heavy atom. The van der Waals surface area contributed by atoms with Gasteiger partial charge in [-0.1, -0.05) is 139 Å². The van der Waals surface area contributed by atoms with E-state index in [1.54, 1.807) is 0 Å². The van der Waals surface area contributed by atoms with Gasteiger partial charge >= 0.3 is 0 Å². The Morgan fingerprint density at radius 3 is 1.97 bits per heavy atom. The second-order valence-corrected chi connectivity index (χ2v) is 10.9. The highest BCUT2D eigenvalue weighted by atomic mass is 16.1. The topological polar surface area (TPSA) is 40.9 Å². The summed E-state index contributed by atoms with van der Waals surface area (Å²) < 4.78 is 0. The first kappa shape index (κ1) is 30.4. The molecule has 0 aliphatic carbocycles. The predicted molar refractivity (Wildman–Crippen MR) is 166 cm³/mol. The Balaban J connectivity index is 2.00. The number of aldehydes is 1. The molecule has 0 heterocycles. The molecule has 0 N–H and O–H groups in total. The summed E-state index contributed by atoms with van der Waals surface area (Å²) in [6.07, 6.45) is 18.7. The molecule has 39 heavy (non-hydrogen) atoms. The van der Waals surface area contributed by atoms with Gasteiger partial charge in [0.05, 0.1) is 12.5 Å². The molecule has 3 aromatic carbocycles. The molecule has 0 fully saturated rings. The number of benzene rings is 3. The Labute approximate surface area is 237 Å². The molecular formula is C37H47NO. The average molecular weight is 522 g/mol. The molecule has 3 rings (SSSR count). The molecule has 3 aromatic rings. The minimum atomic E-state index is 0.219. The molecule has 2 heteroatoms. The van der Waals surface area contributed by atoms with Crippen LogP contribution < -0.4 is 0 Å². The Morgan fingerprint density at radius 2 is 1.33 bits per heavy atom. The molecule has 0 radical (unpaired) electrons. The standard InChI is InChI=1S/C37H47NO/c1-3-5-7-9-11-14-18-30-22-23-31(19-15-12-10-8-6-4-2)36(28-30)35-25-24-33(29-39)34(26-27-38)37(35)32-20-16-13-17-21-32/h13,16-17,20-25,28-29H,3-12,14-15,18-19,26H2,1-2H3. The summed E-state index contributed by atoms with van der Waals surface area (Å²) in [5.41, 5.74) is 8.70. The lowest BCUT2D eigenvalue weighted by atomic mass is 9.84. The zero-order chi connectivity index (χ0) is 27.7. The molecule has 206 valence electrons. The van der Waals surface area contributed by atoms with Crippen molar-refractivity contribution >= 4 is 6.29 Å². The monoisotopic (exact) mass is 521 g/mol. The first-order chi connectivity index (χ1) is 19.2. The first-order valence-corrected chi connectivity index (χ1v) is 15.4. The highest BCUT2D eigenvalue weighted by molar-refractivity contribution is 5.93. The van der Waals surface area contributed by atoms with Crippen molar-refractivity contribution in [2.24, 2.45) is 0 Å². The molecule has 2 nitrogen and oxygen atoms in total. The summed E-state index contributed by atoms with van der Waals surface area (Å²) in [6, 6.07) is 23.7. The molecule has 0 bridgehead atoms. The minimum Gasteiger partial charge on any atom is -0.298 e. The second-order valence-electron chi connectivity index (χ2n) is 10.9. The van der Waals surface area contributed by atoms with E-state index in [0.29, 0.717) is 5.56 Å². The molecule has 0 amide bonds. The Hall–Kier alpha value is -3.18. The highest BCUT2D eigenvalue weighted by Gasteiger charge is 2.18. The fraction of sp³-hybridized carbons (Fsp3) is 0.459. The molecular weight excluding hydrogens is 474 g/mol. The van der Waals surface area contributed by atoms with Gasteiger partial charge in [-0.3, -0.25) is 4.79 Å². The quantitative estimate of drug-likeness (QED) is 0.123. The van der Waals surface area contributed by atoms with Crippen molar-refractivity contribution in [3.05, 3.63) is 82.9 Å². The van der Waals surface area contributed by atoms with Crippen LogP contribution in [0.1, 0.15) is 118 Å². The van der Waals surface area contributed by atoms with Crippen molar-refractivity contribution in [1.29, 1.82) is 5.26 Å². The van der Waals surface area contributed by atoms with E-state index in [2.05, 4.69) is 56.3 Å². The minimum absolute atomic E-state index is 0.219. The van der Waals surface area contributed by atoms with Gasteiger partial charge in [-0.15, -0.1) is 0 Å². The SMILES string of the molecule is CCCCCCCCc1ccc(CCCCCCCC)c(-c2ccc(C=O)c(CC#N)c2-c2ccccc2)c1. The predicted octanol–water partition coefficient (Wildman–Crippen LogP) is 10.7. The van der Waals surface area contributed by atoms with Crippen molar-refractivity contribution in [2.45, 2.75) is 110 Å². The first-order valence-electron chi connectivity index (χ1n) is 15.4. The van der Waals surface area contributed by atoms with Crippen LogP contribution in [0.3, 0.4) is 0 Å². The number of aryl methyl sites for hydroxylation is 2. The highest BCUT2D eigenvalue weighted by Crippen LogP contribution is 2.39. The average Bonchev–Trinajstić information content (AvgIpc) is 2.97. The number of unbranched alkanes of at least 4 members (excludes halogenated alkanes) is 10.